The Labute approximate surface area is 201 Å². The summed E-state index contributed by atoms with van der Waals surface area (Å²) in [4.78, 5) is 27.6. The zero-order valence-electron chi connectivity index (χ0n) is 19.2. The van der Waals surface area contributed by atoms with Crippen LogP contribution in [0.25, 0.3) is 0 Å². The van der Waals surface area contributed by atoms with Gasteiger partial charge in [-0.05, 0) is 75.1 Å². The van der Waals surface area contributed by atoms with Gasteiger partial charge in [0.15, 0.2) is 0 Å². The molecule has 4 rings (SSSR count). The van der Waals surface area contributed by atoms with Crippen molar-refractivity contribution in [2.24, 2.45) is 5.92 Å². The highest BCUT2D eigenvalue weighted by Crippen LogP contribution is 2.35. The lowest BCUT2D eigenvalue weighted by molar-refractivity contribution is -0.134. The van der Waals surface area contributed by atoms with Gasteiger partial charge in [0.2, 0.25) is 5.91 Å². The second-order valence-corrected chi connectivity index (χ2v) is 10.2. The zero-order chi connectivity index (χ0) is 23.4. The maximum atomic E-state index is 13.0. The maximum Gasteiger partial charge on any atom is 0.251 e. The highest BCUT2D eigenvalue weighted by molar-refractivity contribution is 6.31. The largest absolute Gasteiger partial charge is 0.390 e. The molecular weight excluding hydrogens is 436 g/mol. The summed E-state index contributed by atoms with van der Waals surface area (Å²) in [7, 11) is 0. The number of amides is 2. The minimum Gasteiger partial charge on any atom is -0.390 e. The highest BCUT2D eigenvalue weighted by Gasteiger charge is 2.39. The molecule has 1 unspecified atom stereocenters. The lowest BCUT2D eigenvalue weighted by Gasteiger charge is -2.37. The van der Waals surface area contributed by atoms with Gasteiger partial charge in [-0.25, -0.2) is 0 Å². The fourth-order valence-electron chi connectivity index (χ4n) is 5.04. The Hall–Kier alpha value is -2.37. The normalized spacial score (nSPS) is 25.3. The van der Waals surface area contributed by atoms with E-state index in [1.54, 1.807) is 12.1 Å². The summed E-state index contributed by atoms with van der Waals surface area (Å²) < 4.78 is 0. The van der Waals surface area contributed by atoms with Crippen molar-refractivity contribution in [2.45, 2.75) is 63.5 Å². The van der Waals surface area contributed by atoms with Gasteiger partial charge in [0.25, 0.3) is 5.91 Å². The number of carbonyl (C=O) groups excluding carboxylic acids is 2. The molecule has 1 aliphatic heterocycles. The lowest BCUT2D eigenvalue weighted by Crippen LogP contribution is -2.43. The van der Waals surface area contributed by atoms with Gasteiger partial charge in [0.1, 0.15) is 0 Å². The van der Waals surface area contributed by atoms with E-state index in [1.165, 1.54) is 5.56 Å². The molecule has 33 heavy (non-hydrogen) atoms. The number of likely N-dealkylation sites (tertiary alicyclic amines) is 1. The SMILES string of the molecule is CC1(O)CCC(N2CCC(Cc3ccc(C(=O)NCCc4ccccc4)cc3Cl)C2=O)CC1. The standard InChI is InChI=1S/C27H33ClN2O3/c1-27(33)13-9-23(10-14-27)30-16-12-22(26(30)32)17-20-7-8-21(18-24(20)28)25(31)29-15-11-19-5-3-2-4-6-19/h2-8,18,22-23,33H,9-17H2,1H3,(H,29,31). The predicted molar refractivity (Wildman–Crippen MR) is 130 cm³/mol. The summed E-state index contributed by atoms with van der Waals surface area (Å²) in [6, 6.07) is 15.6. The molecule has 2 aromatic carbocycles. The summed E-state index contributed by atoms with van der Waals surface area (Å²) >= 11 is 6.51. The van der Waals surface area contributed by atoms with Crippen LogP contribution in [0.15, 0.2) is 48.5 Å². The van der Waals surface area contributed by atoms with Crippen LogP contribution in [0.5, 0.6) is 0 Å². The molecule has 0 spiro atoms. The van der Waals surface area contributed by atoms with Gasteiger partial charge in [0, 0.05) is 35.6 Å². The molecule has 2 aliphatic rings. The van der Waals surface area contributed by atoms with Crippen molar-refractivity contribution in [3.8, 4) is 0 Å². The van der Waals surface area contributed by atoms with Crippen LogP contribution in [0, 0.1) is 5.92 Å². The van der Waals surface area contributed by atoms with E-state index in [0.717, 1.165) is 50.6 Å². The third kappa shape index (κ3) is 5.96. The van der Waals surface area contributed by atoms with Crippen LogP contribution in [-0.4, -0.2) is 46.6 Å². The number of hydrogen-bond acceptors (Lipinski definition) is 3. The molecule has 0 aromatic heterocycles. The first-order chi connectivity index (χ1) is 15.8. The number of hydrogen-bond donors (Lipinski definition) is 2. The second kappa shape index (κ2) is 10.3. The van der Waals surface area contributed by atoms with Crippen LogP contribution in [0.2, 0.25) is 5.02 Å². The van der Waals surface area contributed by atoms with Crippen LogP contribution < -0.4 is 5.32 Å². The fraction of sp³-hybridized carbons (Fsp3) is 0.481. The van der Waals surface area contributed by atoms with Crippen LogP contribution in [-0.2, 0) is 17.6 Å². The Kier molecular flexibility index (Phi) is 7.40. The quantitative estimate of drug-likeness (QED) is 0.632. The van der Waals surface area contributed by atoms with Crippen LogP contribution in [0.4, 0.5) is 0 Å². The molecule has 2 fully saturated rings. The van der Waals surface area contributed by atoms with Gasteiger partial charge in [0.05, 0.1) is 5.60 Å². The first-order valence-corrected chi connectivity index (χ1v) is 12.3. The van der Waals surface area contributed by atoms with Crippen molar-refractivity contribution in [2.75, 3.05) is 13.1 Å². The summed E-state index contributed by atoms with van der Waals surface area (Å²) in [5.41, 5.74) is 2.02. The van der Waals surface area contributed by atoms with E-state index in [0.29, 0.717) is 23.6 Å². The van der Waals surface area contributed by atoms with E-state index in [-0.39, 0.29) is 23.8 Å². The van der Waals surface area contributed by atoms with Crippen LogP contribution >= 0.6 is 11.6 Å². The van der Waals surface area contributed by atoms with Crippen molar-refractivity contribution >= 4 is 23.4 Å². The predicted octanol–water partition coefficient (Wildman–Crippen LogP) is 4.40. The molecule has 2 aromatic rings. The maximum absolute atomic E-state index is 13.0. The van der Waals surface area contributed by atoms with Gasteiger partial charge >= 0.3 is 0 Å². The molecule has 1 saturated heterocycles. The van der Waals surface area contributed by atoms with E-state index in [9.17, 15) is 14.7 Å². The molecule has 5 nitrogen and oxygen atoms in total. The third-order valence-electron chi connectivity index (χ3n) is 7.15. The minimum absolute atomic E-state index is 0.0736. The molecule has 2 N–H and O–H groups in total. The van der Waals surface area contributed by atoms with Crippen molar-refractivity contribution in [3.63, 3.8) is 0 Å². The van der Waals surface area contributed by atoms with Crippen molar-refractivity contribution < 1.29 is 14.7 Å². The van der Waals surface area contributed by atoms with Crippen molar-refractivity contribution in [3.05, 3.63) is 70.2 Å². The lowest BCUT2D eigenvalue weighted by atomic mass is 9.83. The Morgan fingerprint density at radius 3 is 2.58 bits per heavy atom. The topological polar surface area (TPSA) is 69.6 Å². The molecular formula is C27H33ClN2O3. The number of rotatable bonds is 7. The number of halogens is 1. The summed E-state index contributed by atoms with van der Waals surface area (Å²) in [5.74, 6) is -0.0218. The number of benzene rings is 2. The van der Waals surface area contributed by atoms with Crippen LogP contribution in [0.3, 0.4) is 0 Å². The first kappa shape index (κ1) is 23.8. The molecule has 1 aliphatic carbocycles. The molecule has 1 heterocycles. The average molecular weight is 469 g/mol. The van der Waals surface area contributed by atoms with E-state index in [2.05, 4.69) is 5.32 Å². The Morgan fingerprint density at radius 1 is 1.15 bits per heavy atom. The molecule has 176 valence electrons. The van der Waals surface area contributed by atoms with Crippen LogP contribution in [0.1, 0.15) is 60.5 Å². The smallest absolute Gasteiger partial charge is 0.251 e. The van der Waals surface area contributed by atoms with E-state index in [1.807, 2.05) is 48.2 Å². The number of aliphatic hydroxyl groups is 1. The van der Waals surface area contributed by atoms with Gasteiger partial charge in [-0.1, -0.05) is 48.0 Å². The Morgan fingerprint density at radius 2 is 1.88 bits per heavy atom. The monoisotopic (exact) mass is 468 g/mol. The van der Waals surface area contributed by atoms with Crippen molar-refractivity contribution in [1.82, 2.24) is 10.2 Å². The Bertz CT molecular complexity index is 982. The number of nitrogens with zero attached hydrogens (tertiary/aromatic N) is 1. The van der Waals surface area contributed by atoms with E-state index >= 15 is 0 Å². The van der Waals surface area contributed by atoms with E-state index in [4.69, 9.17) is 11.6 Å². The van der Waals surface area contributed by atoms with Gasteiger partial charge in [-0.2, -0.15) is 0 Å². The molecule has 1 saturated carbocycles. The molecule has 6 heteroatoms. The highest BCUT2D eigenvalue weighted by atomic mass is 35.5. The molecule has 2 amide bonds. The average Bonchev–Trinajstić information content (AvgIpc) is 3.16. The van der Waals surface area contributed by atoms with E-state index < -0.39 is 5.60 Å². The summed E-state index contributed by atoms with van der Waals surface area (Å²) in [6.45, 7) is 3.22. The summed E-state index contributed by atoms with van der Waals surface area (Å²) in [5, 5.41) is 13.7. The van der Waals surface area contributed by atoms with Crippen molar-refractivity contribution in [1.29, 1.82) is 0 Å². The molecule has 0 radical (unpaired) electrons. The Balaban J connectivity index is 1.30. The third-order valence-corrected chi connectivity index (χ3v) is 7.50. The molecule has 0 bridgehead atoms. The fourth-order valence-corrected chi connectivity index (χ4v) is 5.30. The molecule has 1 atom stereocenters. The minimum atomic E-state index is -0.595. The van der Waals surface area contributed by atoms with Gasteiger partial charge in [-0.15, -0.1) is 0 Å². The number of nitrogens with one attached hydrogen (secondary N) is 1. The second-order valence-electron chi connectivity index (χ2n) is 9.75. The number of carbonyl (C=O) groups is 2. The summed E-state index contributed by atoms with van der Waals surface area (Å²) in [6.07, 6.45) is 5.40. The van der Waals surface area contributed by atoms with Gasteiger partial charge < -0.3 is 15.3 Å². The zero-order valence-corrected chi connectivity index (χ0v) is 20.0. The first-order valence-electron chi connectivity index (χ1n) is 12.0. The van der Waals surface area contributed by atoms with Gasteiger partial charge in [-0.3, -0.25) is 9.59 Å².